The van der Waals surface area contributed by atoms with E-state index < -0.39 is 60.1 Å². The predicted molar refractivity (Wildman–Crippen MR) is 182 cm³/mol. The number of carbonyl (C=O) groups excluding carboxylic acids is 2. The molecule has 50 heavy (non-hydrogen) atoms. The molecule has 0 saturated carbocycles. The van der Waals surface area contributed by atoms with Crippen LogP contribution in [0, 0.1) is 30.3 Å². The molecule has 4 rings (SSSR count). The van der Waals surface area contributed by atoms with E-state index in [4.69, 9.17) is 5.73 Å². The number of nitrogens with zero attached hydrogens (tertiary/aromatic N) is 5. The summed E-state index contributed by atoms with van der Waals surface area (Å²) in [5, 5.41) is 61.7. The van der Waals surface area contributed by atoms with Crippen LogP contribution in [-0.2, 0) is 0 Å². The number of hydrogen-bond donors (Lipinski definition) is 5. The van der Waals surface area contributed by atoms with Gasteiger partial charge in [-0.3, -0.25) is 39.9 Å². The normalized spacial score (nSPS) is 20.1. The average Bonchev–Trinajstić information content (AvgIpc) is 2.97. The molecule has 0 spiro atoms. The topological polar surface area (TPSA) is 261 Å². The van der Waals surface area contributed by atoms with Gasteiger partial charge in [0.1, 0.15) is 0 Å². The minimum Gasteiger partial charge on any atom is -0.399 e. The van der Waals surface area contributed by atoms with Crippen LogP contribution in [0.3, 0.4) is 0 Å². The Morgan fingerprint density at radius 1 is 0.620 bits per heavy atom. The van der Waals surface area contributed by atoms with E-state index in [0.717, 1.165) is 18.2 Å². The van der Waals surface area contributed by atoms with Crippen LogP contribution in [0.1, 0.15) is 102 Å². The lowest BCUT2D eigenvalue weighted by molar-refractivity contribution is -0.394. The Bertz CT molecular complexity index is 1610. The van der Waals surface area contributed by atoms with Gasteiger partial charge in [0.15, 0.2) is 0 Å². The number of nitrogen functional groups attached to an aromatic ring is 1. The molecule has 0 unspecified atom stereocenters. The van der Waals surface area contributed by atoms with E-state index in [9.17, 15) is 50.3 Å². The van der Waals surface area contributed by atoms with Crippen LogP contribution in [0.5, 0.6) is 0 Å². The van der Waals surface area contributed by atoms with Gasteiger partial charge < -0.3 is 26.8 Å². The molecule has 18 nitrogen and oxygen atoms in total. The van der Waals surface area contributed by atoms with Crippen LogP contribution in [0.2, 0.25) is 0 Å². The largest absolute Gasteiger partial charge is 0.399 e. The van der Waals surface area contributed by atoms with Gasteiger partial charge in [-0.25, -0.2) is 0 Å². The number of carbonyl (C=O) groups is 2. The predicted octanol–water partition coefficient (Wildman–Crippen LogP) is 4.96. The van der Waals surface area contributed by atoms with Gasteiger partial charge in [0.05, 0.1) is 26.4 Å². The second kappa shape index (κ2) is 14.2. The first-order valence-corrected chi connectivity index (χ1v) is 15.8. The van der Waals surface area contributed by atoms with E-state index in [1.54, 1.807) is 0 Å². The van der Waals surface area contributed by atoms with Crippen LogP contribution in [0.15, 0.2) is 36.4 Å². The average molecular weight is 703 g/mol. The van der Waals surface area contributed by atoms with Crippen LogP contribution in [-0.4, -0.2) is 81.4 Å². The fourth-order valence-corrected chi connectivity index (χ4v) is 7.09. The quantitative estimate of drug-likeness (QED) is 0.145. The zero-order valence-electron chi connectivity index (χ0n) is 29.4. The van der Waals surface area contributed by atoms with Crippen molar-refractivity contribution in [3.63, 3.8) is 0 Å². The number of hydrogen-bond acceptors (Lipinski definition) is 13. The fraction of sp³-hybridized carbons (Fsp3) is 0.562. The molecule has 0 atom stereocenters. The third-order valence-electron chi connectivity index (χ3n) is 8.95. The van der Waals surface area contributed by atoms with E-state index in [2.05, 4.69) is 10.6 Å². The summed E-state index contributed by atoms with van der Waals surface area (Å²) in [6.07, 6.45) is 2.03. The number of hydroxylamine groups is 4. The SMILES string of the molecule is CC1(C)CC(NC(=O)c2cc(N)cc([N+](=O)[O-])c2)CC(C)(C)N1O.CC1(C)CC(NC(=O)c2cc([N+](=O)[O-])cc([N+](=O)[O-])c2)CC(C)(C)N1O. The fourth-order valence-electron chi connectivity index (χ4n) is 7.09. The summed E-state index contributed by atoms with van der Waals surface area (Å²) in [4.78, 5) is 55.7. The van der Waals surface area contributed by atoms with E-state index in [1.165, 1.54) is 28.3 Å². The van der Waals surface area contributed by atoms with Crippen molar-refractivity contribution in [2.45, 2.75) is 115 Å². The molecular weight excluding hydrogens is 656 g/mol. The van der Waals surface area contributed by atoms with Crippen LogP contribution in [0.25, 0.3) is 0 Å². The number of anilines is 1. The van der Waals surface area contributed by atoms with Crippen molar-refractivity contribution in [3.05, 3.63) is 77.9 Å². The van der Waals surface area contributed by atoms with E-state index in [-0.39, 0.29) is 34.6 Å². The minimum atomic E-state index is -0.778. The van der Waals surface area contributed by atoms with Gasteiger partial charge in [0.25, 0.3) is 28.9 Å². The summed E-state index contributed by atoms with van der Waals surface area (Å²) >= 11 is 0. The van der Waals surface area contributed by atoms with Gasteiger partial charge in [-0.05, 0) is 87.1 Å². The lowest BCUT2D eigenvalue weighted by Gasteiger charge is -2.51. The number of nitro groups is 3. The van der Waals surface area contributed by atoms with Crippen LogP contribution in [0.4, 0.5) is 22.7 Å². The van der Waals surface area contributed by atoms with Gasteiger partial charge in [-0.2, -0.15) is 10.1 Å². The van der Waals surface area contributed by atoms with Gasteiger partial charge in [-0.1, -0.05) is 0 Å². The number of benzene rings is 2. The Morgan fingerprint density at radius 3 is 1.20 bits per heavy atom. The number of non-ortho nitro benzene ring substituents is 3. The second-order valence-electron chi connectivity index (χ2n) is 15.4. The molecule has 6 N–H and O–H groups in total. The maximum absolute atomic E-state index is 12.5. The highest BCUT2D eigenvalue weighted by Gasteiger charge is 2.46. The molecule has 18 heteroatoms. The molecule has 0 radical (unpaired) electrons. The van der Waals surface area contributed by atoms with E-state index in [1.807, 2.05) is 55.4 Å². The molecule has 2 saturated heterocycles. The number of piperidine rings is 2. The molecule has 2 aromatic carbocycles. The zero-order chi connectivity index (χ0) is 38.1. The monoisotopic (exact) mass is 702 g/mol. The smallest absolute Gasteiger partial charge is 0.277 e. The third-order valence-corrected chi connectivity index (χ3v) is 8.95. The highest BCUT2D eigenvalue weighted by Crippen LogP contribution is 2.38. The van der Waals surface area contributed by atoms with Crippen molar-refractivity contribution >= 4 is 34.6 Å². The van der Waals surface area contributed by atoms with Gasteiger partial charge in [0, 0.05) is 69.8 Å². The van der Waals surface area contributed by atoms with E-state index in [0.29, 0.717) is 25.7 Å². The number of nitrogens with two attached hydrogens (primary N) is 1. The summed E-state index contributed by atoms with van der Waals surface area (Å²) in [6, 6.07) is 6.23. The Kier molecular flexibility index (Phi) is 11.3. The van der Waals surface area contributed by atoms with Crippen molar-refractivity contribution < 1.29 is 34.8 Å². The molecule has 274 valence electrons. The first kappa shape index (κ1) is 39.7. The van der Waals surface area contributed by atoms with Crippen molar-refractivity contribution in [1.82, 2.24) is 20.8 Å². The molecule has 2 amide bonds. The maximum atomic E-state index is 12.5. The molecule has 2 fully saturated rings. The molecule has 2 aliphatic heterocycles. The lowest BCUT2D eigenvalue weighted by Crippen LogP contribution is -2.62. The number of nitrogens with one attached hydrogen (secondary N) is 2. The summed E-state index contributed by atoms with van der Waals surface area (Å²) in [7, 11) is 0. The number of nitro benzene ring substituents is 3. The van der Waals surface area contributed by atoms with Crippen LogP contribution < -0.4 is 16.4 Å². The highest BCUT2D eigenvalue weighted by atomic mass is 16.6. The third kappa shape index (κ3) is 9.26. The summed E-state index contributed by atoms with van der Waals surface area (Å²) in [5.74, 6) is -1.03. The maximum Gasteiger partial charge on any atom is 0.277 e. The Balaban J connectivity index is 0.000000271. The Labute approximate surface area is 289 Å². The second-order valence-corrected chi connectivity index (χ2v) is 15.4. The van der Waals surface area contributed by atoms with Crippen molar-refractivity contribution in [3.8, 4) is 0 Å². The number of amides is 2. The summed E-state index contributed by atoms with van der Waals surface area (Å²) < 4.78 is 0. The molecule has 0 bridgehead atoms. The van der Waals surface area contributed by atoms with Crippen molar-refractivity contribution in [1.29, 1.82) is 0 Å². The minimum absolute atomic E-state index is 0.145. The zero-order valence-corrected chi connectivity index (χ0v) is 29.4. The first-order chi connectivity index (χ1) is 22.8. The Hall–Kier alpha value is -4.78. The molecule has 2 heterocycles. The molecular formula is C32H46N8O10. The number of rotatable bonds is 7. The van der Waals surface area contributed by atoms with Gasteiger partial charge in [0.2, 0.25) is 0 Å². The van der Waals surface area contributed by atoms with Crippen molar-refractivity contribution in [2.75, 3.05) is 5.73 Å². The molecule has 2 aliphatic rings. The van der Waals surface area contributed by atoms with Crippen molar-refractivity contribution in [2.24, 2.45) is 0 Å². The van der Waals surface area contributed by atoms with Gasteiger partial charge in [-0.15, -0.1) is 0 Å². The molecule has 2 aromatic rings. The summed E-state index contributed by atoms with van der Waals surface area (Å²) in [6.45, 7) is 15.0. The van der Waals surface area contributed by atoms with Crippen LogP contribution >= 0.6 is 0 Å². The van der Waals surface area contributed by atoms with Gasteiger partial charge >= 0.3 is 0 Å². The lowest BCUT2D eigenvalue weighted by atomic mass is 9.79. The standard InChI is InChI=1S/C16H22N4O6.C16H24N4O4/c1-15(2)8-11(9-16(3,4)20(15)26)17-14(21)10-5-12(18(22)23)7-13(6-10)19(24)25;1-15(2)8-12(9-16(3,4)20(15)24)18-14(21)10-5-11(17)7-13(6-10)19(22)23/h5-7,11,26H,8-9H2,1-4H3,(H,17,21);5-7,12,24H,8-9,17H2,1-4H3,(H,18,21). The Morgan fingerprint density at radius 2 is 0.900 bits per heavy atom. The molecule has 0 aliphatic carbocycles. The molecule has 0 aromatic heterocycles. The first-order valence-electron chi connectivity index (χ1n) is 15.8. The highest BCUT2D eigenvalue weighted by molar-refractivity contribution is 5.96. The van der Waals surface area contributed by atoms with E-state index >= 15 is 0 Å². The summed E-state index contributed by atoms with van der Waals surface area (Å²) in [5.41, 5.74) is 2.40.